The van der Waals surface area contributed by atoms with Crippen molar-refractivity contribution in [3.05, 3.63) is 108 Å². The topological polar surface area (TPSA) is 78.8 Å². The first-order valence-electron chi connectivity index (χ1n) is 13.0. The van der Waals surface area contributed by atoms with E-state index in [2.05, 4.69) is 66.0 Å². The molecule has 0 aromatic heterocycles. The van der Waals surface area contributed by atoms with Crippen LogP contribution < -0.4 is 5.32 Å². The SMILES string of the molecule is O=C(O)C(O)c1ccccc1.c1ccc(CCCCOCCCCCCNCc2ccccc2)cc1. The fourth-order valence-corrected chi connectivity index (χ4v) is 3.69. The van der Waals surface area contributed by atoms with Gasteiger partial charge in [-0.1, -0.05) is 104 Å². The van der Waals surface area contributed by atoms with Crippen molar-refractivity contribution < 1.29 is 19.7 Å². The molecule has 0 spiro atoms. The number of nitrogens with one attached hydrogen (secondary N) is 1. The van der Waals surface area contributed by atoms with Crippen molar-refractivity contribution in [2.24, 2.45) is 0 Å². The van der Waals surface area contributed by atoms with Gasteiger partial charge in [0.2, 0.25) is 0 Å². The first-order chi connectivity index (χ1) is 17.7. The minimum Gasteiger partial charge on any atom is -0.479 e. The second-order valence-corrected chi connectivity index (χ2v) is 8.78. The van der Waals surface area contributed by atoms with Crippen LogP contribution in [0.1, 0.15) is 61.3 Å². The molecule has 0 heterocycles. The van der Waals surface area contributed by atoms with Crippen LogP contribution in [0.25, 0.3) is 0 Å². The van der Waals surface area contributed by atoms with Crippen molar-refractivity contribution in [2.45, 2.75) is 57.6 Å². The summed E-state index contributed by atoms with van der Waals surface area (Å²) in [6, 6.07) is 29.6. The van der Waals surface area contributed by atoms with Crippen LogP contribution in [-0.4, -0.2) is 35.9 Å². The zero-order chi connectivity index (χ0) is 25.7. The molecule has 1 unspecified atom stereocenters. The minimum atomic E-state index is -1.41. The van der Waals surface area contributed by atoms with Gasteiger partial charge in [0.15, 0.2) is 6.10 Å². The lowest BCUT2D eigenvalue weighted by Gasteiger charge is -2.06. The zero-order valence-corrected chi connectivity index (χ0v) is 21.2. The van der Waals surface area contributed by atoms with Gasteiger partial charge in [-0.15, -0.1) is 0 Å². The van der Waals surface area contributed by atoms with Gasteiger partial charge in [0, 0.05) is 19.8 Å². The van der Waals surface area contributed by atoms with Crippen LogP contribution in [0.2, 0.25) is 0 Å². The van der Waals surface area contributed by atoms with Crippen LogP contribution in [0.15, 0.2) is 91.0 Å². The Kier molecular flexibility index (Phi) is 15.6. The third-order valence-electron chi connectivity index (χ3n) is 5.76. The molecule has 0 amide bonds. The van der Waals surface area contributed by atoms with E-state index in [-0.39, 0.29) is 0 Å². The van der Waals surface area contributed by atoms with Crippen LogP contribution in [0.5, 0.6) is 0 Å². The molecule has 36 heavy (non-hydrogen) atoms. The first-order valence-corrected chi connectivity index (χ1v) is 13.0. The summed E-state index contributed by atoms with van der Waals surface area (Å²) < 4.78 is 5.74. The van der Waals surface area contributed by atoms with Gasteiger partial charge in [0.25, 0.3) is 0 Å². The standard InChI is InChI=1S/C23H33NO.C8H8O3/c1(10-18-24-21-23-16-7-4-8-17-23)2-11-19-25-20-12-9-15-22-13-5-3-6-14-22;9-7(8(10)11)6-4-2-1-3-5-6/h3-8,13-14,16-17,24H,1-2,9-12,15,18-21H2;1-5,7,9H,(H,10,11). The van der Waals surface area contributed by atoms with Crippen molar-refractivity contribution in [2.75, 3.05) is 19.8 Å². The molecule has 3 aromatic carbocycles. The number of unbranched alkanes of at least 4 members (excludes halogenated alkanes) is 4. The third kappa shape index (κ3) is 13.8. The highest BCUT2D eigenvalue weighted by Crippen LogP contribution is 2.11. The highest BCUT2D eigenvalue weighted by atomic mass is 16.5. The van der Waals surface area contributed by atoms with Crippen molar-refractivity contribution in [3.8, 4) is 0 Å². The predicted octanol–water partition coefficient (Wildman–Crippen LogP) is 6.18. The summed E-state index contributed by atoms with van der Waals surface area (Å²) in [5, 5.41) is 20.9. The molecule has 5 heteroatoms. The Hall–Kier alpha value is -2.99. The Balaban J connectivity index is 0.000000346. The number of carboxylic acids is 1. The van der Waals surface area contributed by atoms with Crippen LogP contribution >= 0.6 is 0 Å². The van der Waals surface area contributed by atoms with Crippen molar-refractivity contribution >= 4 is 5.97 Å². The predicted molar refractivity (Wildman–Crippen MR) is 146 cm³/mol. The van der Waals surface area contributed by atoms with Crippen molar-refractivity contribution in [1.29, 1.82) is 0 Å². The average molecular weight is 492 g/mol. The van der Waals surface area contributed by atoms with Gasteiger partial charge < -0.3 is 20.3 Å². The van der Waals surface area contributed by atoms with Gasteiger partial charge in [-0.2, -0.15) is 0 Å². The van der Waals surface area contributed by atoms with E-state index in [9.17, 15) is 4.79 Å². The molecule has 0 aliphatic heterocycles. The van der Waals surface area contributed by atoms with E-state index in [1.807, 2.05) is 0 Å². The highest BCUT2D eigenvalue weighted by molar-refractivity contribution is 5.73. The molecule has 0 saturated carbocycles. The lowest BCUT2D eigenvalue weighted by Crippen LogP contribution is -2.14. The van der Waals surface area contributed by atoms with Gasteiger partial charge in [-0.25, -0.2) is 4.79 Å². The molecule has 3 N–H and O–H groups in total. The van der Waals surface area contributed by atoms with Crippen LogP contribution in [-0.2, 0) is 22.5 Å². The molecule has 1 atom stereocenters. The lowest BCUT2D eigenvalue weighted by atomic mass is 10.1. The number of carbonyl (C=O) groups is 1. The number of aliphatic hydroxyl groups is 1. The molecule has 0 fully saturated rings. The quantitative estimate of drug-likeness (QED) is 0.209. The maximum absolute atomic E-state index is 10.2. The summed E-state index contributed by atoms with van der Waals surface area (Å²) in [7, 11) is 0. The smallest absolute Gasteiger partial charge is 0.337 e. The number of aliphatic carboxylic acids is 1. The fraction of sp³-hybridized carbons (Fsp3) is 0.387. The Morgan fingerprint density at radius 3 is 1.83 bits per heavy atom. The summed E-state index contributed by atoms with van der Waals surface area (Å²) in [5.41, 5.74) is 3.20. The minimum absolute atomic E-state index is 0.403. The number of benzene rings is 3. The van der Waals surface area contributed by atoms with E-state index in [0.29, 0.717) is 5.56 Å². The number of rotatable bonds is 16. The van der Waals surface area contributed by atoms with E-state index in [4.69, 9.17) is 14.9 Å². The summed E-state index contributed by atoms with van der Waals surface area (Å²) in [6.07, 6.45) is 7.16. The molecule has 3 rings (SSSR count). The van der Waals surface area contributed by atoms with Gasteiger partial charge in [-0.3, -0.25) is 0 Å². The second kappa shape index (κ2) is 19.2. The Labute approximate surface area is 216 Å². The summed E-state index contributed by atoms with van der Waals surface area (Å²) >= 11 is 0. The number of hydrogen-bond acceptors (Lipinski definition) is 4. The molecule has 5 nitrogen and oxygen atoms in total. The number of hydrogen-bond donors (Lipinski definition) is 3. The van der Waals surface area contributed by atoms with Crippen LogP contribution in [0, 0.1) is 0 Å². The lowest BCUT2D eigenvalue weighted by molar-refractivity contribution is -0.146. The molecule has 0 aliphatic rings. The van der Waals surface area contributed by atoms with Gasteiger partial charge >= 0.3 is 5.97 Å². The average Bonchev–Trinajstić information content (AvgIpc) is 2.93. The van der Waals surface area contributed by atoms with Gasteiger partial charge in [0.05, 0.1) is 0 Å². The monoisotopic (exact) mass is 491 g/mol. The Morgan fingerprint density at radius 1 is 0.694 bits per heavy atom. The first kappa shape index (κ1) is 29.2. The summed E-state index contributed by atoms with van der Waals surface area (Å²) in [4.78, 5) is 10.2. The zero-order valence-electron chi connectivity index (χ0n) is 21.2. The van der Waals surface area contributed by atoms with E-state index in [1.165, 1.54) is 49.7 Å². The van der Waals surface area contributed by atoms with E-state index >= 15 is 0 Å². The second-order valence-electron chi connectivity index (χ2n) is 8.78. The van der Waals surface area contributed by atoms with E-state index in [0.717, 1.165) is 32.7 Å². The Bertz CT molecular complexity index is 870. The largest absolute Gasteiger partial charge is 0.479 e. The number of carboxylic acid groups (broad SMARTS) is 1. The fourth-order valence-electron chi connectivity index (χ4n) is 3.69. The van der Waals surface area contributed by atoms with Crippen molar-refractivity contribution in [1.82, 2.24) is 5.32 Å². The van der Waals surface area contributed by atoms with E-state index in [1.54, 1.807) is 30.3 Å². The number of ether oxygens (including phenoxy) is 1. The molecule has 0 radical (unpaired) electrons. The van der Waals surface area contributed by atoms with Crippen molar-refractivity contribution in [3.63, 3.8) is 0 Å². The molecule has 3 aromatic rings. The molecular formula is C31H41NO4. The van der Waals surface area contributed by atoms with Crippen LogP contribution in [0.4, 0.5) is 0 Å². The number of aryl methyl sites for hydroxylation is 1. The van der Waals surface area contributed by atoms with Gasteiger partial charge in [0.1, 0.15) is 0 Å². The maximum Gasteiger partial charge on any atom is 0.337 e. The third-order valence-corrected chi connectivity index (χ3v) is 5.76. The van der Waals surface area contributed by atoms with Gasteiger partial charge in [-0.05, 0) is 55.3 Å². The van der Waals surface area contributed by atoms with E-state index < -0.39 is 12.1 Å². The molecule has 0 saturated heterocycles. The van der Waals surface area contributed by atoms with Crippen LogP contribution in [0.3, 0.4) is 0 Å². The summed E-state index contributed by atoms with van der Waals surface area (Å²) in [5.74, 6) is -1.23. The Morgan fingerprint density at radius 2 is 1.22 bits per heavy atom. The molecule has 0 bridgehead atoms. The highest BCUT2D eigenvalue weighted by Gasteiger charge is 2.14. The maximum atomic E-state index is 10.2. The molecule has 0 aliphatic carbocycles. The summed E-state index contributed by atoms with van der Waals surface area (Å²) in [6.45, 7) is 3.91. The normalized spacial score (nSPS) is 11.4. The molecule has 194 valence electrons. The molecular weight excluding hydrogens is 450 g/mol. The number of aliphatic hydroxyl groups excluding tert-OH is 1.